The Morgan fingerprint density at radius 3 is 2.08 bits per heavy atom. The van der Waals surface area contributed by atoms with Gasteiger partial charge in [0.05, 0.1) is 17.6 Å². The Labute approximate surface area is 142 Å². The van der Waals surface area contributed by atoms with Crippen LogP contribution in [-0.4, -0.2) is 34.8 Å². The van der Waals surface area contributed by atoms with E-state index in [1.165, 1.54) is 23.3 Å². The zero-order valence-electron chi connectivity index (χ0n) is 13.8. The lowest BCUT2D eigenvalue weighted by atomic mass is 10.0. The number of nitrogens with one attached hydrogen (secondary N) is 1. The lowest BCUT2D eigenvalue weighted by molar-refractivity contribution is 0.00378. The van der Waals surface area contributed by atoms with Crippen LogP contribution < -0.4 is 9.46 Å². The molecule has 0 fully saturated rings. The maximum atomic E-state index is 12.5. The Hall–Kier alpha value is -1.89. The van der Waals surface area contributed by atoms with Gasteiger partial charge in [-0.3, -0.25) is 0 Å². The molecule has 1 aliphatic carbocycles. The van der Waals surface area contributed by atoms with Crippen molar-refractivity contribution in [3.8, 4) is 5.75 Å². The zero-order chi connectivity index (χ0) is 17.2. The standard InChI is InChI=1S/C18H21NO4S/c1-22-16-7-9-17(10-8-16)24(20,21)19-13-18(23-2)11-14-5-3-4-6-15(14)12-18/h3-10,19H,11-13H2,1-2H3. The van der Waals surface area contributed by atoms with Gasteiger partial charge in [0.1, 0.15) is 5.75 Å². The summed E-state index contributed by atoms with van der Waals surface area (Å²) in [5.74, 6) is 0.619. The molecule has 0 heterocycles. The first-order valence-electron chi connectivity index (χ1n) is 7.74. The van der Waals surface area contributed by atoms with Crippen LogP contribution in [0.3, 0.4) is 0 Å². The summed E-state index contributed by atoms with van der Waals surface area (Å²) < 4.78 is 38.5. The molecule has 1 N–H and O–H groups in total. The van der Waals surface area contributed by atoms with Crippen LogP contribution in [-0.2, 0) is 27.6 Å². The Balaban J connectivity index is 1.74. The molecular weight excluding hydrogens is 326 g/mol. The number of hydrogen-bond acceptors (Lipinski definition) is 4. The largest absolute Gasteiger partial charge is 0.497 e. The van der Waals surface area contributed by atoms with Gasteiger partial charge in [0.25, 0.3) is 0 Å². The average Bonchev–Trinajstić information content (AvgIpc) is 2.99. The summed E-state index contributed by atoms with van der Waals surface area (Å²) in [4.78, 5) is 0.213. The van der Waals surface area contributed by atoms with Crippen LogP contribution in [0.4, 0.5) is 0 Å². The fourth-order valence-electron chi connectivity index (χ4n) is 3.07. The first-order valence-corrected chi connectivity index (χ1v) is 9.22. The van der Waals surface area contributed by atoms with Crippen molar-refractivity contribution in [3.05, 3.63) is 59.7 Å². The average molecular weight is 347 g/mol. The van der Waals surface area contributed by atoms with Crippen LogP contribution in [0.5, 0.6) is 5.75 Å². The van der Waals surface area contributed by atoms with Gasteiger partial charge in [-0.15, -0.1) is 0 Å². The van der Waals surface area contributed by atoms with Gasteiger partial charge in [-0.05, 0) is 35.4 Å². The summed E-state index contributed by atoms with van der Waals surface area (Å²) in [6.07, 6.45) is 1.40. The highest BCUT2D eigenvalue weighted by molar-refractivity contribution is 7.89. The van der Waals surface area contributed by atoms with Crippen molar-refractivity contribution in [1.82, 2.24) is 4.72 Å². The predicted octanol–water partition coefficient (Wildman–Crippen LogP) is 2.16. The highest BCUT2D eigenvalue weighted by Crippen LogP contribution is 2.32. The number of hydrogen-bond donors (Lipinski definition) is 1. The third-order valence-corrected chi connectivity index (χ3v) is 5.95. The molecule has 0 saturated heterocycles. The molecule has 0 amide bonds. The van der Waals surface area contributed by atoms with Crippen molar-refractivity contribution < 1.29 is 17.9 Å². The molecule has 24 heavy (non-hydrogen) atoms. The molecule has 0 aromatic heterocycles. The quantitative estimate of drug-likeness (QED) is 0.870. The summed E-state index contributed by atoms with van der Waals surface area (Å²) in [5.41, 5.74) is 1.88. The minimum absolute atomic E-state index is 0.213. The third kappa shape index (κ3) is 3.31. The van der Waals surface area contributed by atoms with Crippen LogP contribution in [0, 0.1) is 0 Å². The number of benzene rings is 2. The van der Waals surface area contributed by atoms with Crippen LogP contribution in [0.1, 0.15) is 11.1 Å². The molecular formula is C18H21NO4S. The lowest BCUT2D eigenvalue weighted by Gasteiger charge is -2.27. The van der Waals surface area contributed by atoms with Gasteiger partial charge < -0.3 is 9.47 Å². The monoisotopic (exact) mass is 347 g/mol. The van der Waals surface area contributed by atoms with E-state index in [0.717, 1.165) is 0 Å². The van der Waals surface area contributed by atoms with Crippen LogP contribution in [0.25, 0.3) is 0 Å². The Morgan fingerprint density at radius 2 is 1.58 bits per heavy atom. The molecule has 2 aromatic carbocycles. The first-order chi connectivity index (χ1) is 11.5. The fraction of sp³-hybridized carbons (Fsp3) is 0.333. The maximum absolute atomic E-state index is 12.5. The van der Waals surface area contributed by atoms with E-state index in [1.54, 1.807) is 26.4 Å². The minimum Gasteiger partial charge on any atom is -0.497 e. The molecule has 0 unspecified atom stereocenters. The number of methoxy groups -OCH3 is 2. The number of fused-ring (bicyclic) bond motifs is 1. The second-order valence-corrected chi connectivity index (χ2v) is 7.78. The summed E-state index contributed by atoms with van der Waals surface area (Å²) in [6.45, 7) is 0.229. The van der Waals surface area contributed by atoms with Gasteiger partial charge >= 0.3 is 0 Å². The van der Waals surface area contributed by atoms with E-state index in [4.69, 9.17) is 9.47 Å². The number of rotatable bonds is 6. The van der Waals surface area contributed by atoms with E-state index in [0.29, 0.717) is 18.6 Å². The van der Waals surface area contributed by atoms with E-state index in [1.807, 2.05) is 12.1 Å². The van der Waals surface area contributed by atoms with Crippen molar-refractivity contribution in [2.24, 2.45) is 0 Å². The number of ether oxygens (including phenoxy) is 2. The number of sulfonamides is 1. The highest BCUT2D eigenvalue weighted by Gasteiger charge is 2.38. The molecule has 128 valence electrons. The van der Waals surface area contributed by atoms with Gasteiger partial charge in [-0.1, -0.05) is 24.3 Å². The lowest BCUT2D eigenvalue weighted by Crippen LogP contribution is -2.45. The summed E-state index contributed by atoms with van der Waals surface area (Å²) in [5, 5.41) is 0. The Bertz CT molecular complexity index is 790. The summed E-state index contributed by atoms with van der Waals surface area (Å²) >= 11 is 0. The van der Waals surface area contributed by atoms with E-state index in [-0.39, 0.29) is 11.4 Å². The van der Waals surface area contributed by atoms with Crippen molar-refractivity contribution in [2.75, 3.05) is 20.8 Å². The highest BCUT2D eigenvalue weighted by atomic mass is 32.2. The molecule has 0 atom stereocenters. The smallest absolute Gasteiger partial charge is 0.240 e. The molecule has 0 radical (unpaired) electrons. The van der Waals surface area contributed by atoms with E-state index in [2.05, 4.69) is 16.9 Å². The van der Waals surface area contributed by atoms with Crippen LogP contribution in [0.15, 0.2) is 53.4 Å². The predicted molar refractivity (Wildman–Crippen MR) is 91.8 cm³/mol. The van der Waals surface area contributed by atoms with Crippen LogP contribution in [0.2, 0.25) is 0 Å². The van der Waals surface area contributed by atoms with E-state index < -0.39 is 15.6 Å². The molecule has 3 rings (SSSR count). The van der Waals surface area contributed by atoms with Gasteiger partial charge in [0.2, 0.25) is 10.0 Å². The molecule has 6 heteroatoms. The van der Waals surface area contributed by atoms with Gasteiger partial charge in [-0.2, -0.15) is 0 Å². The molecule has 0 bridgehead atoms. The molecule has 1 aliphatic rings. The maximum Gasteiger partial charge on any atom is 0.240 e. The molecule has 0 saturated carbocycles. The Morgan fingerprint density at radius 1 is 1.00 bits per heavy atom. The third-order valence-electron chi connectivity index (χ3n) is 4.53. The molecule has 0 spiro atoms. The second kappa shape index (κ2) is 6.55. The zero-order valence-corrected chi connectivity index (χ0v) is 14.6. The minimum atomic E-state index is -3.59. The fourth-order valence-corrected chi connectivity index (χ4v) is 4.18. The van der Waals surface area contributed by atoms with Crippen molar-refractivity contribution >= 4 is 10.0 Å². The van der Waals surface area contributed by atoms with E-state index >= 15 is 0 Å². The summed E-state index contributed by atoms with van der Waals surface area (Å²) in [6, 6.07) is 14.4. The Kier molecular flexibility index (Phi) is 4.62. The SMILES string of the molecule is COc1ccc(S(=O)(=O)NCC2(OC)Cc3ccccc3C2)cc1. The second-order valence-electron chi connectivity index (χ2n) is 6.01. The first kappa shape index (κ1) is 17.0. The van der Waals surface area contributed by atoms with Crippen molar-refractivity contribution in [1.29, 1.82) is 0 Å². The van der Waals surface area contributed by atoms with Gasteiger partial charge in [-0.25, -0.2) is 13.1 Å². The molecule has 2 aromatic rings. The summed E-state index contributed by atoms with van der Waals surface area (Å²) in [7, 11) is -0.418. The van der Waals surface area contributed by atoms with Crippen molar-refractivity contribution in [2.45, 2.75) is 23.3 Å². The van der Waals surface area contributed by atoms with Gasteiger partial charge in [0.15, 0.2) is 0 Å². The molecule has 5 nitrogen and oxygen atoms in total. The normalized spacial score (nSPS) is 15.9. The topological polar surface area (TPSA) is 64.6 Å². The molecule has 0 aliphatic heterocycles. The van der Waals surface area contributed by atoms with E-state index in [9.17, 15) is 8.42 Å². The van der Waals surface area contributed by atoms with Crippen LogP contribution >= 0.6 is 0 Å². The van der Waals surface area contributed by atoms with Gasteiger partial charge in [0, 0.05) is 26.5 Å². The van der Waals surface area contributed by atoms with Crippen molar-refractivity contribution in [3.63, 3.8) is 0 Å².